The summed E-state index contributed by atoms with van der Waals surface area (Å²) in [4.78, 5) is 187. The van der Waals surface area contributed by atoms with Gasteiger partial charge in [0, 0.05) is 62.7 Å². The highest BCUT2D eigenvalue weighted by Gasteiger charge is 2.35. The topological polar surface area (TPSA) is 714 Å². The summed E-state index contributed by atoms with van der Waals surface area (Å²) in [6, 6.07) is -14.6. The lowest BCUT2D eigenvalue weighted by molar-refractivity contribution is -0.143. The lowest BCUT2D eigenvalue weighted by atomic mass is 10.0. The molecule has 0 bridgehead atoms. The zero-order valence-corrected chi connectivity index (χ0v) is 53.5. The molecule has 41 heteroatoms. The van der Waals surface area contributed by atoms with Crippen molar-refractivity contribution in [3.8, 4) is 0 Å². The maximum absolute atomic E-state index is 14.1. The second kappa shape index (κ2) is 45.1. The van der Waals surface area contributed by atoms with Crippen LogP contribution in [0.25, 0.3) is 0 Å². The van der Waals surface area contributed by atoms with Gasteiger partial charge >= 0.3 is 11.9 Å². The Bertz CT molecular complexity index is 2900. The lowest BCUT2D eigenvalue weighted by Crippen LogP contribution is -2.60. The van der Waals surface area contributed by atoms with E-state index in [1.807, 2.05) is 0 Å². The first-order valence-corrected chi connectivity index (χ1v) is 30.9. The van der Waals surface area contributed by atoms with E-state index < -0.39 is 157 Å². The van der Waals surface area contributed by atoms with Crippen molar-refractivity contribution in [3.05, 3.63) is 36.4 Å². The number of nitrogens with one attached hydrogen (secondary N) is 12. The van der Waals surface area contributed by atoms with Crippen LogP contribution in [0.15, 0.2) is 40.0 Å². The fraction of sp³-hybridized carbons (Fsp3) is 0.618. The zero-order chi connectivity index (χ0) is 71.7. The van der Waals surface area contributed by atoms with E-state index in [9.17, 15) is 72.9 Å². The van der Waals surface area contributed by atoms with E-state index in [0.29, 0.717) is 37.1 Å². The van der Waals surface area contributed by atoms with Crippen LogP contribution in [0.4, 0.5) is 0 Å². The maximum atomic E-state index is 14.1. The molecule has 2 rings (SSSR count). The molecule has 0 aliphatic rings. The molecular weight excluding hydrogens is 1260 g/mol. The monoisotopic (exact) mass is 1360 g/mol. The number of aliphatic hydroxyl groups excluding tert-OH is 1. The number of carbonyl (C=O) groups excluding carboxylic acids is 10. The number of carbonyl (C=O) groups is 12. The Morgan fingerprint density at radius 3 is 1.26 bits per heavy atom. The number of nitrogens with two attached hydrogens (primary N) is 9. The molecule has 0 aromatic carbocycles. The Morgan fingerprint density at radius 1 is 0.458 bits per heavy atom. The van der Waals surface area contributed by atoms with Crippen LogP contribution in [0.3, 0.4) is 0 Å². The molecule has 2 heterocycles. The molecule has 2 aromatic rings. The summed E-state index contributed by atoms with van der Waals surface area (Å²) in [5, 5.41) is 53.9. The second-order valence-electron chi connectivity index (χ2n) is 22.0. The highest BCUT2D eigenvalue weighted by Crippen LogP contribution is 2.11. The van der Waals surface area contributed by atoms with Gasteiger partial charge in [0.05, 0.1) is 31.8 Å². The molecule has 41 nitrogen and oxygen atoms in total. The Hall–Kier alpha value is -10.3. The van der Waals surface area contributed by atoms with Gasteiger partial charge in [0.2, 0.25) is 59.1 Å². The molecule has 0 aliphatic carbocycles. The number of aliphatic carboxylic acids is 2. The Balaban J connectivity index is 2.33. The molecule has 0 saturated carbocycles. The minimum absolute atomic E-state index is 0.0136. The van der Waals surface area contributed by atoms with E-state index in [4.69, 9.17) is 51.6 Å². The van der Waals surface area contributed by atoms with E-state index in [-0.39, 0.29) is 115 Å². The Kier molecular flexibility index (Phi) is 38.4. The summed E-state index contributed by atoms with van der Waals surface area (Å²) < 4.78 is 0. The first kappa shape index (κ1) is 81.8. The van der Waals surface area contributed by atoms with Crippen molar-refractivity contribution in [2.45, 2.75) is 170 Å². The number of imidazole rings is 2. The number of hydrogen-bond donors (Lipinski definition) is 24. The largest absolute Gasteiger partial charge is 0.481 e. The molecule has 33 N–H and O–H groups in total. The average molecular weight is 1360 g/mol. The van der Waals surface area contributed by atoms with Crippen LogP contribution in [-0.4, -0.2) is 230 Å². The van der Waals surface area contributed by atoms with E-state index in [0.717, 1.165) is 0 Å². The minimum Gasteiger partial charge on any atom is -0.481 e. The summed E-state index contributed by atoms with van der Waals surface area (Å²) in [5.74, 6) is -13.2. The van der Waals surface area contributed by atoms with Crippen LogP contribution in [0.5, 0.6) is 0 Å². The number of hydrogen-bond acceptors (Lipinski definition) is 21. The first-order chi connectivity index (χ1) is 45.6. The van der Waals surface area contributed by atoms with Gasteiger partial charge in [0.15, 0.2) is 17.9 Å². The number of amides is 10. The van der Waals surface area contributed by atoms with Crippen LogP contribution < -0.4 is 105 Å². The number of aromatic nitrogens is 4. The quantitative estimate of drug-likeness (QED) is 0.0166. The normalized spacial score (nSPS) is 14.0. The van der Waals surface area contributed by atoms with Crippen molar-refractivity contribution in [3.63, 3.8) is 0 Å². The predicted octanol–water partition coefficient (Wildman–Crippen LogP) is -9.89. The van der Waals surface area contributed by atoms with Gasteiger partial charge in [-0.05, 0) is 103 Å². The third-order valence-corrected chi connectivity index (χ3v) is 14.1. The highest BCUT2D eigenvalue weighted by atomic mass is 16.4. The number of guanidine groups is 3. The fourth-order valence-corrected chi connectivity index (χ4v) is 8.96. The summed E-state index contributed by atoms with van der Waals surface area (Å²) in [5.41, 5.74) is 51.1. The first-order valence-electron chi connectivity index (χ1n) is 30.9. The predicted molar refractivity (Wildman–Crippen MR) is 346 cm³/mol. The summed E-state index contributed by atoms with van der Waals surface area (Å²) in [6.45, 7) is -0.339. The number of nitrogens with zero attached hydrogens (tertiary/aromatic N) is 5. The van der Waals surface area contributed by atoms with Gasteiger partial charge in [-0.3, -0.25) is 67.7 Å². The Morgan fingerprint density at radius 2 is 0.833 bits per heavy atom. The van der Waals surface area contributed by atoms with Crippen molar-refractivity contribution < 1.29 is 72.9 Å². The fourth-order valence-electron chi connectivity index (χ4n) is 8.96. The number of H-pyrrole nitrogens is 2. The second-order valence-corrected chi connectivity index (χ2v) is 22.0. The number of aromatic amines is 2. The summed E-state index contributed by atoms with van der Waals surface area (Å²) >= 11 is 0. The molecule has 0 saturated heterocycles. The van der Waals surface area contributed by atoms with Crippen LogP contribution in [0, 0.1) is 0 Å². The van der Waals surface area contributed by atoms with Crippen molar-refractivity contribution in [1.82, 2.24) is 73.1 Å². The Labute approximate surface area is 552 Å². The van der Waals surface area contributed by atoms with Gasteiger partial charge in [-0.25, -0.2) is 14.8 Å². The number of unbranched alkanes of at least 4 members (excludes halogenated alkanes) is 2. The smallest absolute Gasteiger partial charge is 0.326 e. The third-order valence-electron chi connectivity index (χ3n) is 14.1. The van der Waals surface area contributed by atoms with Crippen LogP contribution in [0.1, 0.15) is 108 Å². The van der Waals surface area contributed by atoms with Crippen LogP contribution >= 0.6 is 0 Å². The maximum Gasteiger partial charge on any atom is 0.326 e. The molecule has 0 aliphatic heterocycles. The van der Waals surface area contributed by atoms with Gasteiger partial charge in [-0.1, -0.05) is 0 Å². The molecule has 0 spiro atoms. The summed E-state index contributed by atoms with van der Waals surface area (Å²) in [7, 11) is 0. The molecule has 0 radical (unpaired) electrons. The van der Waals surface area contributed by atoms with Crippen molar-refractivity contribution in [2.75, 3.05) is 45.9 Å². The van der Waals surface area contributed by atoms with Gasteiger partial charge < -0.3 is 130 Å². The van der Waals surface area contributed by atoms with Crippen LogP contribution in [-0.2, 0) is 70.4 Å². The molecule has 0 fully saturated rings. The number of carboxylic acid groups (broad SMARTS) is 2. The SMILES string of the molecule is C[C@H](NC(=O)[C@H](CCC(=O)O)NC(=O)CNC(=O)[C@H](CCCCN)NC(=O)[C@H](CCCCN)NC(=O)[C@H](Cc1cnc[nH]1)NC(=O)[C@@H](N)Cc1cnc[nH]1)C(=O)N[C@@H](CCCN=C(N)N)C(=O)N[C@@H](CCCN=C(N)N)C(=O)N[C@@H](CO)C(=O)N[C@@H](CCCN=C(N)N)C(=O)O. The van der Waals surface area contributed by atoms with E-state index in [1.165, 1.54) is 32.0 Å². The number of aliphatic hydroxyl groups is 1. The van der Waals surface area contributed by atoms with Crippen molar-refractivity contribution in [1.29, 1.82) is 0 Å². The van der Waals surface area contributed by atoms with E-state index >= 15 is 0 Å². The van der Waals surface area contributed by atoms with E-state index in [1.54, 1.807) is 0 Å². The van der Waals surface area contributed by atoms with Crippen LogP contribution in [0.2, 0.25) is 0 Å². The number of carboxylic acids is 2. The van der Waals surface area contributed by atoms with E-state index in [2.05, 4.69) is 88.1 Å². The van der Waals surface area contributed by atoms with Gasteiger partial charge in [0.25, 0.3) is 0 Å². The standard InChI is InChI=1S/C55H96N26O15/c1-29(43(86)75-35(11-6-18-67-53(59)60)48(91)77-36(12-7-19-68-54(61)62)49(92)81-40(26-82)51(94)79-38(52(95)96)13-8-20-69-55(63)64)73-46(89)37(14-15-42(84)85)74-41(83)25-70-45(88)33(9-2-4-16-56)76-47(90)34(10-3-5-17-57)78-50(93)39(22-31-24-66-28-72-31)80-44(87)32(58)21-30-23-65-27-71-30/h23-24,27-29,32-40,82H,2-22,25-26,56-58H2,1H3,(H,65,71)(H,66,72)(H,70,88)(H,73,89)(H,74,83)(H,75,86)(H,76,90)(H,77,91)(H,78,93)(H,79,94)(H,80,87)(H,81,92)(H,84,85)(H,95,96)(H4,59,60,67)(H4,61,62,68)(H4,63,64,69)/t29-,32-,33-,34-,35-,36-,37-,38-,39-,40-/m0/s1. The molecule has 536 valence electrons. The molecule has 10 amide bonds. The number of rotatable bonds is 49. The van der Waals surface area contributed by atoms with Gasteiger partial charge in [-0.2, -0.15) is 0 Å². The third kappa shape index (κ3) is 33.5. The molecular formula is C55H96N26O15. The molecule has 2 aromatic heterocycles. The van der Waals surface area contributed by atoms with Crippen molar-refractivity contribution in [2.24, 2.45) is 66.6 Å². The molecule has 0 unspecified atom stereocenters. The lowest BCUT2D eigenvalue weighted by Gasteiger charge is -2.26. The summed E-state index contributed by atoms with van der Waals surface area (Å²) in [6.07, 6.45) is 5.51. The van der Waals surface area contributed by atoms with Crippen molar-refractivity contribution >= 4 is 88.9 Å². The molecule has 96 heavy (non-hydrogen) atoms. The zero-order valence-electron chi connectivity index (χ0n) is 53.5. The highest BCUT2D eigenvalue weighted by molar-refractivity contribution is 5.98. The number of aliphatic imine (C=N–C) groups is 3. The average Bonchev–Trinajstić information content (AvgIpc) is 1.04. The van der Waals surface area contributed by atoms with Gasteiger partial charge in [-0.15, -0.1) is 0 Å². The van der Waals surface area contributed by atoms with Gasteiger partial charge in [0.1, 0.15) is 54.4 Å². The molecule has 10 atom stereocenters. The minimum atomic E-state index is -1.76.